The molecule has 7 rings (SSSR count). The van der Waals surface area contributed by atoms with Crippen molar-refractivity contribution in [2.45, 2.75) is 96.6 Å². The molecule has 0 spiro atoms. The normalized spacial score (nSPS) is 18.8. The highest BCUT2D eigenvalue weighted by Gasteiger charge is 2.49. The van der Waals surface area contributed by atoms with Gasteiger partial charge in [0.1, 0.15) is 16.4 Å². The second-order valence-corrected chi connectivity index (χ2v) is 26.8. The standard InChI is InChI=1S/C50H57N3O20S5/c1-31(11-18-44-50(5,20-8-26-74(56,57)58)48-38-28-34(76(62,63)64)30-42(78(68,69)70)36(38)14-16-40(48)52(44)22-23-72-25-24-71-6)10-17-43-49(3,4)47-37-27-33(75(59,60)61)29-41(77(65,66)67)35(37)13-15-39(47)51(43)21-7-9-46(55)73-53-32(2)12-19-45(53)54/h10-11,13-18,27-30H,2,7-9,12,19-26H2,1,3-6H3,(H4-,56,57,58,59,60,61,62,63,64,65,66,67,68,69,70)/p+1. The van der Waals surface area contributed by atoms with Gasteiger partial charge in [0.2, 0.25) is 5.69 Å². The van der Waals surface area contributed by atoms with Crippen molar-refractivity contribution in [1.82, 2.24) is 5.06 Å². The highest BCUT2D eigenvalue weighted by molar-refractivity contribution is 7.87. The molecule has 422 valence electrons. The molecule has 3 aliphatic heterocycles. The molecule has 4 aromatic carbocycles. The Balaban J connectivity index is 1.38. The first-order valence-electron chi connectivity index (χ1n) is 23.9. The Kier molecular flexibility index (Phi) is 16.9. The number of nitrogens with zero attached hydrogens (tertiary/aromatic N) is 3. The fourth-order valence-corrected chi connectivity index (χ4v) is 13.5. The van der Waals surface area contributed by atoms with Crippen LogP contribution in [0.3, 0.4) is 0 Å². The van der Waals surface area contributed by atoms with Crippen molar-refractivity contribution >= 4 is 101 Å². The Morgan fingerprint density at radius 2 is 1.35 bits per heavy atom. The van der Waals surface area contributed by atoms with E-state index in [1.807, 2.05) is 4.90 Å². The summed E-state index contributed by atoms with van der Waals surface area (Å²) in [7, 11) is -23.4. The largest absolute Gasteiger partial charge is 0.382 e. The summed E-state index contributed by atoms with van der Waals surface area (Å²) in [5.41, 5.74) is 0.876. The zero-order valence-electron chi connectivity index (χ0n) is 42.9. The highest BCUT2D eigenvalue weighted by Crippen LogP contribution is 2.52. The van der Waals surface area contributed by atoms with Crippen LogP contribution in [0.1, 0.15) is 77.3 Å². The van der Waals surface area contributed by atoms with Crippen LogP contribution in [0.15, 0.2) is 116 Å². The third-order valence-electron chi connectivity index (χ3n) is 13.9. The van der Waals surface area contributed by atoms with Gasteiger partial charge in [-0.3, -0.25) is 27.6 Å². The molecule has 23 nitrogen and oxygen atoms in total. The van der Waals surface area contributed by atoms with Gasteiger partial charge in [-0.2, -0.15) is 46.7 Å². The summed E-state index contributed by atoms with van der Waals surface area (Å²) < 4.78 is 189. The van der Waals surface area contributed by atoms with Crippen LogP contribution in [0.5, 0.6) is 0 Å². The first kappa shape index (κ1) is 59.9. The molecule has 3 aliphatic rings. The number of carbonyl (C=O) groups excluding carboxylic acids is 2. The number of fused-ring (bicyclic) bond motifs is 6. The van der Waals surface area contributed by atoms with Gasteiger partial charge < -0.3 is 19.2 Å². The van der Waals surface area contributed by atoms with Crippen LogP contribution < -0.4 is 4.90 Å². The minimum atomic E-state index is -5.14. The summed E-state index contributed by atoms with van der Waals surface area (Å²) in [6.45, 7) is 11.4. The summed E-state index contributed by atoms with van der Waals surface area (Å²) in [6.07, 6.45) is 6.98. The minimum Gasteiger partial charge on any atom is -0.382 e. The zero-order chi connectivity index (χ0) is 57.7. The van der Waals surface area contributed by atoms with Gasteiger partial charge in [-0.25, -0.2) is 4.79 Å². The molecule has 1 atom stereocenters. The number of benzene rings is 4. The fourth-order valence-electron chi connectivity index (χ4n) is 10.4. The quantitative estimate of drug-likeness (QED) is 0.0252. The Morgan fingerprint density at radius 3 is 1.88 bits per heavy atom. The molecule has 1 fully saturated rings. The van der Waals surface area contributed by atoms with E-state index in [1.165, 1.54) is 19.2 Å². The Bertz CT molecular complexity index is 3890. The molecule has 0 saturated carbocycles. The van der Waals surface area contributed by atoms with E-state index in [-0.39, 0.29) is 92.1 Å². The predicted octanol–water partition coefficient (Wildman–Crippen LogP) is 6.23. The molecule has 0 aliphatic carbocycles. The van der Waals surface area contributed by atoms with Gasteiger partial charge in [-0.05, 0) is 98.3 Å². The van der Waals surface area contributed by atoms with E-state index in [9.17, 15) is 74.4 Å². The van der Waals surface area contributed by atoms with Crippen molar-refractivity contribution in [2.24, 2.45) is 0 Å². The molecule has 3 heterocycles. The number of carbonyl (C=O) groups is 2. The van der Waals surface area contributed by atoms with Crippen molar-refractivity contribution < 1.29 is 93.3 Å². The smallest absolute Gasteiger partial charge is 0.333 e. The van der Waals surface area contributed by atoms with Gasteiger partial charge in [0.25, 0.3) is 56.5 Å². The highest BCUT2D eigenvalue weighted by atomic mass is 32.2. The zero-order valence-corrected chi connectivity index (χ0v) is 46.9. The van der Waals surface area contributed by atoms with Gasteiger partial charge in [0.05, 0.1) is 39.9 Å². The third kappa shape index (κ3) is 12.5. The van der Waals surface area contributed by atoms with E-state index >= 15 is 0 Å². The summed E-state index contributed by atoms with van der Waals surface area (Å²) in [5, 5.41) is 0.694. The number of anilines is 1. The average molecular weight is 1180 g/mol. The second-order valence-electron chi connectivity index (χ2n) is 19.6. The Hall–Kier alpha value is -5.76. The van der Waals surface area contributed by atoms with Gasteiger partial charge >= 0.3 is 5.97 Å². The first-order valence-corrected chi connectivity index (χ1v) is 31.3. The lowest BCUT2D eigenvalue weighted by atomic mass is 9.74. The Labute approximate surface area is 451 Å². The van der Waals surface area contributed by atoms with E-state index in [1.54, 1.807) is 68.7 Å². The molecule has 1 amide bonds. The number of hydrogen-bond donors (Lipinski definition) is 5. The molecule has 0 radical (unpaired) electrons. The Morgan fingerprint density at radius 1 is 0.756 bits per heavy atom. The van der Waals surface area contributed by atoms with Crippen LogP contribution in [0.4, 0.5) is 11.4 Å². The average Bonchev–Trinajstić information content (AvgIpc) is 4.10. The number of hydrogen-bond acceptors (Lipinski definition) is 16. The number of amides is 1. The third-order valence-corrected chi connectivity index (χ3v) is 18.1. The SMILES string of the molecule is C=C1CCC(=O)N1OC(=O)CCCN1/C(=C/C=C(C)/C=C/C2=[N+](CCOCCOC)c3ccc4c(S(=O)(=O)O)cc(S(=O)(=O)O)cc4c3C2(C)CCCS(=O)(=O)O)C(C)(C)c2c1ccc1c(S(=O)(=O)O)cc(S(=O)(=O)O)cc21. The van der Waals surface area contributed by atoms with Gasteiger partial charge in [-0.15, -0.1) is 5.06 Å². The summed E-state index contributed by atoms with van der Waals surface area (Å²) in [5.74, 6) is -1.87. The van der Waals surface area contributed by atoms with Crippen molar-refractivity contribution in [2.75, 3.05) is 50.7 Å². The van der Waals surface area contributed by atoms with Gasteiger partial charge in [0, 0.05) is 71.8 Å². The molecule has 1 unspecified atom stereocenters. The van der Waals surface area contributed by atoms with Crippen LogP contribution in [-0.4, -0.2) is 138 Å². The maximum atomic E-state index is 13.1. The van der Waals surface area contributed by atoms with E-state index in [4.69, 9.17) is 14.3 Å². The topological polar surface area (TPSA) is 343 Å². The molecule has 28 heteroatoms. The van der Waals surface area contributed by atoms with E-state index in [0.29, 0.717) is 58.2 Å². The monoisotopic (exact) mass is 1180 g/mol. The lowest BCUT2D eigenvalue weighted by molar-refractivity contribution is -0.442. The number of rotatable bonds is 22. The molecule has 0 bridgehead atoms. The molecule has 5 N–H and O–H groups in total. The summed E-state index contributed by atoms with van der Waals surface area (Å²) in [4.78, 5) is 29.3. The number of methoxy groups -OCH3 is 1. The van der Waals surface area contributed by atoms with Crippen LogP contribution in [0.25, 0.3) is 21.5 Å². The minimum absolute atomic E-state index is 0.0263. The summed E-state index contributed by atoms with van der Waals surface area (Å²) >= 11 is 0. The van der Waals surface area contributed by atoms with Gasteiger partial charge in [-0.1, -0.05) is 44.2 Å². The maximum absolute atomic E-state index is 13.1. The lowest BCUT2D eigenvalue weighted by Gasteiger charge is -2.27. The van der Waals surface area contributed by atoms with Crippen molar-refractivity contribution in [1.29, 1.82) is 0 Å². The van der Waals surface area contributed by atoms with Crippen LogP contribution in [-0.2, 0) is 85.3 Å². The number of ether oxygens (including phenoxy) is 2. The number of hydroxylamine groups is 2. The van der Waals surface area contributed by atoms with Crippen LogP contribution in [0.2, 0.25) is 0 Å². The maximum Gasteiger partial charge on any atom is 0.333 e. The van der Waals surface area contributed by atoms with E-state index in [2.05, 4.69) is 6.58 Å². The van der Waals surface area contributed by atoms with Crippen molar-refractivity contribution in [3.63, 3.8) is 0 Å². The number of allylic oxidation sites excluding steroid dienone is 7. The predicted molar refractivity (Wildman–Crippen MR) is 285 cm³/mol. The second kappa shape index (κ2) is 22.1. The van der Waals surface area contributed by atoms with E-state index < -0.39 is 98.6 Å². The molecule has 78 heavy (non-hydrogen) atoms. The molecular weight excluding hydrogens is 1120 g/mol. The molecule has 4 aromatic rings. The van der Waals surface area contributed by atoms with Crippen molar-refractivity contribution in [3.05, 3.63) is 108 Å². The molecular formula is C50H58N3O20S5+. The van der Waals surface area contributed by atoms with E-state index in [0.717, 1.165) is 17.2 Å². The fraction of sp³-hybridized carbons (Fsp3) is 0.380. The first-order chi connectivity index (χ1) is 36.1. The summed E-state index contributed by atoms with van der Waals surface area (Å²) in [6, 6.07) is 9.23. The molecule has 1 saturated heterocycles. The van der Waals surface area contributed by atoms with Crippen LogP contribution in [0, 0.1) is 0 Å². The molecule has 0 aromatic heterocycles. The van der Waals surface area contributed by atoms with Gasteiger partial charge in [0.15, 0.2) is 12.3 Å². The lowest BCUT2D eigenvalue weighted by Crippen LogP contribution is -2.33. The van der Waals surface area contributed by atoms with Crippen LogP contribution >= 0.6 is 0 Å². The van der Waals surface area contributed by atoms with Crippen molar-refractivity contribution in [3.8, 4) is 0 Å².